The molecule has 1 heterocycles. The largest absolute Gasteiger partial charge is 0.303 e. The van der Waals surface area contributed by atoms with Crippen molar-refractivity contribution in [3.8, 4) is 12.3 Å². The molecule has 2 rings (SSSR count). The van der Waals surface area contributed by atoms with Crippen LogP contribution in [0.25, 0.3) is 0 Å². The molecule has 0 radical (unpaired) electrons. The number of rotatable bonds is 3. The van der Waals surface area contributed by atoms with Gasteiger partial charge in [-0.2, -0.15) is 0 Å². The Balaban J connectivity index is 2.12. The third kappa shape index (κ3) is 3.09. The van der Waals surface area contributed by atoms with Gasteiger partial charge >= 0.3 is 0 Å². The Morgan fingerprint density at radius 1 is 1.29 bits per heavy atom. The van der Waals surface area contributed by atoms with E-state index < -0.39 is 0 Å². The second-order valence-electron chi connectivity index (χ2n) is 4.68. The molecule has 2 heteroatoms. The Hall–Kier alpha value is -1.30. The monoisotopic (exact) mass is 228 g/mol. The minimum atomic E-state index is 0.489. The normalized spacial score (nSPS) is 22.2. The van der Waals surface area contributed by atoms with Crippen LogP contribution in [0.2, 0.25) is 0 Å². The van der Waals surface area contributed by atoms with Crippen LogP contribution in [0.4, 0.5) is 0 Å². The molecular formula is C15H20N2. The zero-order valence-electron chi connectivity index (χ0n) is 10.5. The lowest BCUT2D eigenvalue weighted by molar-refractivity contribution is 0.0921. The number of hydrogen-bond acceptors (Lipinski definition) is 2. The van der Waals surface area contributed by atoms with E-state index in [1.807, 2.05) is 0 Å². The molecule has 0 N–H and O–H groups in total. The van der Waals surface area contributed by atoms with Crippen LogP contribution in [0.15, 0.2) is 30.3 Å². The second kappa shape index (κ2) is 5.86. The van der Waals surface area contributed by atoms with Crippen molar-refractivity contribution in [3.63, 3.8) is 0 Å². The lowest BCUT2D eigenvalue weighted by atomic mass is 10.0. The number of terminal acetylenes is 1. The molecule has 0 saturated carbocycles. The van der Waals surface area contributed by atoms with Gasteiger partial charge in [-0.3, -0.25) is 4.90 Å². The maximum Gasteiger partial charge on any atom is 0.0476 e. The van der Waals surface area contributed by atoms with Gasteiger partial charge in [0, 0.05) is 38.6 Å². The molecule has 0 spiro atoms. The molecule has 0 amide bonds. The number of hydrogen-bond donors (Lipinski definition) is 0. The average molecular weight is 228 g/mol. The molecule has 0 aliphatic carbocycles. The van der Waals surface area contributed by atoms with E-state index in [9.17, 15) is 0 Å². The summed E-state index contributed by atoms with van der Waals surface area (Å²) in [6.07, 6.45) is 6.21. The summed E-state index contributed by atoms with van der Waals surface area (Å²) in [5, 5.41) is 0. The van der Waals surface area contributed by atoms with E-state index in [1.54, 1.807) is 0 Å². The Morgan fingerprint density at radius 2 is 2.06 bits per heavy atom. The van der Waals surface area contributed by atoms with E-state index in [-0.39, 0.29) is 0 Å². The smallest absolute Gasteiger partial charge is 0.0476 e. The minimum Gasteiger partial charge on any atom is -0.303 e. The van der Waals surface area contributed by atoms with Gasteiger partial charge < -0.3 is 4.90 Å². The Kier molecular flexibility index (Phi) is 4.19. The lowest BCUT2D eigenvalue weighted by Gasteiger charge is -2.40. The molecule has 1 aromatic rings. The number of likely N-dealkylation sites (N-methyl/N-ethyl adjacent to an activating group) is 1. The van der Waals surface area contributed by atoms with E-state index in [2.05, 4.69) is 53.1 Å². The van der Waals surface area contributed by atoms with E-state index in [0.717, 1.165) is 32.6 Å². The molecule has 1 saturated heterocycles. The molecule has 1 atom stereocenters. The summed E-state index contributed by atoms with van der Waals surface area (Å²) in [6, 6.07) is 11.2. The molecular weight excluding hydrogens is 208 g/mol. The molecule has 1 unspecified atom stereocenters. The lowest BCUT2D eigenvalue weighted by Crippen LogP contribution is -2.46. The van der Waals surface area contributed by atoms with Crippen molar-refractivity contribution in [1.29, 1.82) is 0 Å². The Bertz CT molecular complexity index is 380. The highest BCUT2D eigenvalue weighted by Gasteiger charge is 2.25. The molecule has 1 aliphatic rings. The maximum absolute atomic E-state index is 5.37. The maximum atomic E-state index is 5.37. The molecule has 0 bridgehead atoms. The van der Waals surface area contributed by atoms with Crippen LogP contribution in [-0.4, -0.2) is 43.0 Å². The number of benzene rings is 1. The Morgan fingerprint density at radius 3 is 2.76 bits per heavy atom. The Labute approximate surface area is 104 Å². The van der Waals surface area contributed by atoms with Gasteiger partial charge in [-0.15, -0.1) is 12.3 Å². The first-order chi connectivity index (χ1) is 8.31. The highest BCUT2D eigenvalue weighted by atomic mass is 15.3. The fourth-order valence-electron chi connectivity index (χ4n) is 2.42. The summed E-state index contributed by atoms with van der Waals surface area (Å²) in [6.45, 7) is 4.34. The van der Waals surface area contributed by atoms with E-state index in [0.29, 0.717) is 6.04 Å². The van der Waals surface area contributed by atoms with Gasteiger partial charge in [0.2, 0.25) is 0 Å². The van der Waals surface area contributed by atoms with Crippen molar-refractivity contribution in [1.82, 2.24) is 9.80 Å². The quantitative estimate of drug-likeness (QED) is 0.730. The van der Waals surface area contributed by atoms with E-state index >= 15 is 0 Å². The fourth-order valence-corrected chi connectivity index (χ4v) is 2.42. The van der Waals surface area contributed by atoms with Crippen LogP contribution in [0.3, 0.4) is 0 Å². The van der Waals surface area contributed by atoms with Gasteiger partial charge in [-0.1, -0.05) is 30.3 Å². The standard InChI is InChI=1S/C15H20N2/c1-3-4-10-17-12-11-16(2)13-15(17)14-8-6-5-7-9-14/h1,5-9,15H,4,10-13H2,2H3. The topological polar surface area (TPSA) is 6.48 Å². The van der Waals surface area contributed by atoms with Crippen molar-refractivity contribution in [3.05, 3.63) is 35.9 Å². The van der Waals surface area contributed by atoms with Gasteiger partial charge in [-0.25, -0.2) is 0 Å². The van der Waals surface area contributed by atoms with Crippen LogP contribution in [-0.2, 0) is 0 Å². The SMILES string of the molecule is C#CCCN1CCN(C)CC1c1ccccc1. The van der Waals surface area contributed by atoms with E-state index in [1.165, 1.54) is 5.56 Å². The first kappa shape index (κ1) is 12.2. The fraction of sp³-hybridized carbons (Fsp3) is 0.467. The van der Waals surface area contributed by atoms with Crippen LogP contribution in [0, 0.1) is 12.3 Å². The molecule has 1 fully saturated rings. The number of piperazine rings is 1. The first-order valence-electron chi connectivity index (χ1n) is 6.22. The molecule has 90 valence electrons. The molecule has 1 aliphatic heterocycles. The van der Waals surface area contributed by atoms with Crippen molar-refractivity contribution in [2.24, 2.45) is 0 Å². The summed E-state index contributed by atoms with van der Waals surface area (Å²) in [5.41, 5.74) is 1.40. The molecule has 17 heavy (non-hydrogen) atoms. The summed E-state index contributed by atoms with van der Waals surface area (Å²) in [7, 11) is 2.19. The summed E-state index contributed by atoms with van der Waals surface area (Å²) < 4.78 is 0. The third-order valence-corrected chi connectivity index (χ3v) is 3.42. The zero-order chi connectivity index (χ0) is 12.1. The number of nitrogens with zero attached hydrogens (tertiary/aromatic N) is 2. The minimum absolute atomic E-state index is 0.489. The highest BCUT2D eigenvalue weighted by Crippen LogP contribution is 2.24. The van der Waals surface area contributed by atoms with Crippen LogP contribution < -0.4 is 0 Å². The van der Waals surface area contributed by atoms with Gasteiger partial charge in [-0.05, 0) is 12.6 Å². The predicted octanol–water partition coefficient (Wildman–Crippen LogP) is 2.00. The predicted molar refractivity (Wildman–Crippen MR) is 71.7 cm³/mol. The molecule has 1 aromatic carbocycles. The van der Waals surface area contributed by atoms with Gasteiger partial charge in [0.1, 0.15) is 0 Å². The zero-order valence-corrected chi connectivity index (χ0v) is 10.5. The van der Waals surface area contributed by atoms with Crippen LogP contribution in [0.1, 0.15) is 18.0 Å². The highest BCUT2D eigenvalue weighted by molar-refractivity contribution is 5.20. The third-order valence-electron chi connectivity index (χ3n) is 3.42. The summed E-state index contributed by atoms with van der Waals surface area (Å²) >= 11 is 0. The van der Waals surface area contributed by atoms with Crippen molar-refractivity contribution in [2.75, 3.05) is 33.2 Å². The van der Waals surface area contributed by atoms with Crippen molar-refractivity contribution < 1.29 is 0 Å². The van der Waals surface area contributed by atoms with Gasteiger partial charge in [0.05, 0.1) is 0 Å². The van der Waals surface area contributed by atoms with Crippen LogP contribution >= 0.6 is 0 Å². The summed E-state index contributed by atoms with van der Waals surface area (Å²) in [4.78, 5) is 4.90. The van der Waals surface area contributed by atoms with Gasteiger partial charge in [0.15, 0.2) is 0 Å². The molecule has 0 aromatic heterocycles. The second-order valence-corrected chi connectivity index (χ2v) is 4.68. The van der Waals surface area contributed by atoms with Crippen molar-refractivity contribution >= 4 is 0 Å². The van der Waals surface area contributed by atoms with Crippen molar-refractivity contribution in [2.45, 2.75) is 12.5 Å². The summed E-state index contributed by atoms with van der Waals surface area (Å²) in [5.74, 6) is 2.74. The van der Waals surface area contributed by atoms with E-state index in [4.69, 9.17) is 6.42 Å². The van der Waals surface area contributed by atoms with Gasteiger partial charge in [0.25, 0.3) is 0 Å². The van der Waals surface area contributed by atoms with Crippen LogP contribution in [0.5, 0.6) is 0 Å². The first-order valence-corrected chi connectivity index (χ1v) is 6.22. The average Bonchev–Trinajstić information content (AvgIpc) is 2.38. The molecule has 2 nitrogen and oxygen atoms in total.